The molecular formula is C21H34N3O3S+. The van der Waals surface area contributed by atoms with Crippen molar-refractivity contribution in [3.8, 4) is 0 Å². The van der Waals surface area contributed by atoms with E-state index >= 15 is 0 Å². The molecular weight excluding hydrogens is 374 g/mol. The van der Waals surface area contributed by atoms with E-state index in [0.717, 1.165) is 12.5 Å². The molecule has 6 nitrogen and oxygen atoms in total. The van der Waals surface area contributed by atoms with Gasteiger partial charge in [0.05, 0.1) is 17.5 Å². The van der Waals surface area contributed by atoms with Crippen molar-refractivity contribution in [1.82, 2.24) is 4.31 Å². The van der Waals surface area contributed by atoms with Crippen molar-refractivity contribution in [2.45, 2.75) is 63.3 Å². The van der Waals surface area contributed by atoms with Gasteiger partial charge in [0, 0.05) is 24.7 Å². The Morgan fingerprint density at radius 3 is 2.39 bits per heavy atom. The summed E-state index contributed by atoms with van der Waals surface area (Å²) in [6, 6.07) is 7.16. The molecule has 2 aliphatic rings. The van der Waals surface area contributed by atoms with E-state index < -0.39 is 10.0 Å². The van der Waals surface area contributed by atoms with E-state index in [4.69, 9.17) is 0 Å². The normalized spacial score (nSPS) is 25.3. The Morgan fingerprint density at radius 2 is 1.71 bits per heavy atom. The number of sulfonamides is 1. The highest BCUT2D eigenvalue weighted by Gasteiger charge is 2.37. The fourth-order valence-corrected chi connectivity index (χ4v) is 6.38. The maximum Gasteiger partial charge on any atom is 0.279 e. The van der Waals surface area contributed by atoms with E-state index in [1.54, 1.807) is 24.3 Å². The van der Waals surface area contributed by atoms with Crippen molar-refractivity contribution in [2.75, 3.05) is 31.5 Å². The van der Waals surface area contributed by atoms with Gasteiger partial charge in [-0.15, -0.1) is 0 Å². The Morgan fingerprint density at radius 1 is 1.07 bits per heavy atom. The number of nitrogens with one attached hydrogen (secondary N) is 2. The third kappa shape index (κ3) is 4.75. The first-order chi connectivity index (χ1) is 13.5. The lowest BCUT2D eigenvalue weighted by molar-refractivity contribution is -0.928. The number of piperidine rings is 1. The molecule has 2 N–H and O–H groups in total. The molecule has 156 valence electrons. The maximum atomic E-state index is 12.6. The fraction of sp³-hybridized carbons (Fsp3) is 0.667. The van der Waals surface area contributed by atoms with Crippen LogP contribution in [0.5, 0.6) is 0 Å². The second-order valence-corrected chi connectivity index (χ2v) is 9.98. The molecule has 1 heterocycles. The highest BCUT2D eigenvalue weighted by molar-refractivity contribution is 7.89. The van der Waals surface area contributed by atoms with Crippen LogP contribution in [0, 0.1) is 5.92 Å². The van der Waals surface area contributed by atoms with Gasteiger partial charge in [0.25, 0.3) is 5.91 Å². The molecule has 1 aliphatic heterocycles. The number of hydrogen-bond donors (Lipinski definition) is 2. The highest BCUT2D eigenvalue weighted by Crippen LogP contribution is 2.28. The summed E-state index contributed by atoms with van der Waals surface area (Å²) in [5.41, 5.74) is 0.653. The zero-order valence-electron chi connectivity index (χ0n) is 17.1. The average molecular weight is 409 g/mol. The molecule has 0 spiro atoms. The number of amides is 1. The Labute approximate surface area is 169 Å². The first-order valence-corrected chi connectivity index (χ1v) is 12.1. The molecule has 0 radical (unpaired) electrons. The number of quaternary nitrogens is 1. The molecule has 28 heavy (non-hydrogen) atoms. The maximum absolute atomic E-state index is 12.6. The molecule has 1 unspecified atom stereocenters. The lowest BCUT2D eigenvalue weighted by Crippen LogP contribution is -3.18. The number of carbonyl (C=O) groups is 1. The summed E-state index contributed by atoms with van der Waals surface area (Å²) in [5, 5.41) is 2.95. The zero-order valence-corrected chi connectivity index (χ0v) is 17.9. The Bertz CT molecular complexity index is 758. The summed E-state index contributed by atoms with van der Waals surface area (Å²) in [5.74, 6) is 0.801. The van der Waals surface area contributed by atoms with Crippen molar-refractivity contribution < 1.29 is 18.1 Å². The summed E-state index contributed by atoms with van der Waals surface area (Å²) in [6.45, 7) is 6.12. The van der Waals surface area contributed by atoms with E-state index in [0.29, 0.717) is 31.4 Å². The molecule has 1 saturated carbocycles. The predicted molar refractivity (Wildman–Crippen MR) is 111 cm³/mol. The van der Waals surface area contributed by atoms with Gasteiger partial charge in [0.15, 0.2) is 6.54 Å². The predicted octanol–water partition coefficient (Wildman–Crippen LogP) is 1.89. The van der Waals surface area contributed by atoms with Crippen molar-refractivity contribution in [3.05, 3.63) is 24.3 Å². The quantitative estimate of drug-likeness (QED) is 0.724. The molecule has 1 aromatic rings. The van der Waals surface area contributed by atoms with Gasteiger partial charge in [-0.25, -0.2) is 8.42 Å². The first-order valence-electron chi connectivity index (χ1n) is 10.7. The van der Waals surface area contributed by atoms with Crippen LogP contribution in [-0.4, -0.2) is 50.9 Å². The molecule has 3 rings (SSSR count). The summed E-state index contributed by atoms with van der Waals surface area (Å²) < 4.78 is 26.6. The summed E-state index contributed by atoms with van der Waals surface area (Å²) in [7, 11) is -3.47. The highest BCUT2D eigenvalue weighted by atomic mass is 32.2. The Kier molecular flexibility index (Phi) is 7.12. The third-order valence-corrected chi connectivity index (χ3v) is 8.44. The number of nitrogens with zero attached hydrogens (tertiary/aromatic N) is 1. The standard InChI is InChI=1S/C21H33N3O3S/c1-3-24(4-2)28(26,27)19-13-11-18(12-14-19)22-21(25)16-23-15-7-9-17-8-5-6-10-20(17)23/h11-14,17,20H,3-10,15-16H2,1-2H3,(H,22,25)/p+1/t17-,20+/m1/s1. The molecule has 0 bridgehead atoms. The van der Waals surface area contributed by atoms with Crippen LogP contribution in [0.1, 0.15) is 52.4 Å². The molecule has 2 fully saturated rings. The molecule has 1 saturated heterocycles. The van der Waals surface area contributed by atoms with Gasteiger partial charge in [-0.1, -0.05) is 20.3 Å². The molecule has 1 amide bonds. The Balaban J connectivity index is 1.60. The number of anilines is 1. The van der Waals surface area contributed by atoms with Crippen LogP contribution in [0.4, 0.5) is 5.69 Å². The minimum atomic E-state index is -3.47. The second kappa shape index (κ2) is 9.37. The number of benzene rings is 1. The number of likely N-dealkylation sites (tertiary alicyclic amines) is 1. The number of fused-ring (bicyclic) bond motifs is 1. The van der Waals surface area contributed by atoms with E-state index in [1.165, 1.54) is 47.7 Å². The summed E-state index contributed by atoms with van der Waals surface area (Å²) >= 11 is 0. The minimum Gasteiger partial charge on any atom is -0.324 e. The Hall–Kier alpha value is -1.44. The average Bonchev–Trinajstić information content (AvgIpc) is 2.69. The van der Waals surface area contributed by atoms with Gasteiger partial charge in [-0.05, 0) is 56.4 Å². The SMILES string of the molecule is CCN(CC)S(=O)(=O)c1ccc(NC(=O)C[NH+]2CCC[C@H]3CCCC[C@@H]32)cc1. The van der Waals surface area contributed by atoms with E-state index in [-0.39, 0.29) is 10.8 Å². The van der Waals surface area contributed by atoms with Crippen LogP contribution in [0.15, 0.2) is 29.2 Å². The largest absolute Gasteiger partial charge is 0.324 e. The van der Waals surface area contributed by atoms with Crippen molar-refractivity contribution in [1.29, 1.82) is 0 Å². The van der Waals surface area contributed by atoms with Crippen molar-refractivity contribution >= 4 is 21.6 Å². The molecule has 3 atom stereocenters. The number of hydrogen-bond acceptors (Lipinski definition) is 3. The molecule has 7 heteroatoms. The topological polar surface area (TPSA) is 70.9 Å². The van der Waals surface area contributed by atoms with Crippen LogP contribution in [-0.2, 0) is 14.8 Å². The van der Waals surface area contributed by atoms with E-state index in [9.17, 15) is 13.2 Å². The number of rotatable bonds is 7. The van der Waals surface area contributed by atoms with Gasteiger partial charge in [-0.3, -0.25) is 4.79 Å². The van der Waals surface area contributed by atoms with Crippen LogP contribution >= 0.6 is 0 Å². The van der Waals surface area contributed by atoms with Gasteiger partial charge < -0.3 is 10.2 Å². The summed E-state index contributed by atoms with van der Waals surface area (Å²) in [4.78, 5) is 14.3. The van der Waals surface area contributed by atoms with Crippen LogP contribution in [0.3, 0.4) is 0 Å². The molecule has 1 aliphatic carbocycles. The molecule has 1 aromatic carbocycles. The van der Waals surface area contributed by atoms with Crippen LogP contribution < -0.4 is 10.2 Å². The van der Waals surface area contributed by atoms with Crippen LogP contribution in [0.2, 0.25) is 0 Å². The number of carbonyl (C=O) groups excluding carboxylic acids is 1. The van der Waals surface area contributed by atoms with Gasteiger partial charge in [0.2, 0.25) is 10.0 Å². The monoisotopic (exact) mass is 408 g/mol. The zero-order chi connectivity index (χ0) is 20.1. The second-order valence-electron chi connectivity index (χ2n) is 8.04. The third-order valence-electron chi connectivity index (χ3n) is 6.38. The fourth-order valence-electron chi connectivity index (χ4n) is 4.92. The smallest absolute Gasteiger partial charge is 0.279 e. The van der Waals surface area contributed by atoms with E-state index in [2.05, 4.69) is 5.32 Å². The van der Waals surface area contributed by atoms with Crippen molar-refractivity contribution in [3.63, 3.8) is 0 Å². The van der Waals surface area contributed by atoms with E-state index in [1.807, 2.05) is 13.8 Å². The first kappa shape index (κ1) is 21.3. The summed E-state index contributed by atoms with van der Waals surface area (Å²) in [6.07, 6.45) is 7.71. The lowest BCUT2D eigenvalue weighted by Gasteiger charge is -2.40. The minimum absolute atomic E-state index is 0.0144. The van der Waals surface area contributed by atoms with Gasteiger partial charge >= 0.3 is 0 Å². The van der Waals surface area contributed by atoms with Crippen molar-refractivity contribution in [2.24, 2.45) is 5.92 Å². The van der Waals surface area contributed by atoms with Crippen LogP contribution in [0.25, 0.3) is 0 Å². The lowest BCUT2D eigenvalue weighted by atomic mass is 9.78. The van der Waals surface area contributed by atoms with Gasteiger partial charge in [0.1, 0.15) is 0 Å². The van der Waals surface area contributed by atoms with Gasteiger partial charge in [-0.2, -0.15) is 4.31 Å². The molecule has 0 aromatic heterocycles.